The van der Waals surface area contributed by atoms with E-state index in [1.54, 1.807) is 24.3 Å². The van der Waals surface area contributed by atoms with Gasteiger partial charge in [0.2, 0.25) is 0 Å². The van der Waals surface area contributed by atoms with Gasteiger partial charge >= 0.3 is 6.16 Å². The van der Waals surface area contributed by atoms with E-state index in [0.29, 0.717) is 11.5 Å². The predicted molar refractivity (Wildman–Crippen MR) is 129 cm³/mol. The van der Waals surface area contributed by atoms with Crippen molar-refractivity contribution < 1.29 is 14.3 Å². The quantitative estimate of drug-likeness (QED) is 0.236. The molecule has 0 N–H and O–H groups in total. The first-order valence-corrected chi connectivity index (χ1v) is 10.9. The van der Waals surface area contributed by atoms with E-state index in [2.05, 4.69) is 62.4 Å². The van der Waals surface area contributed by atoms with Crippen LogP contribution >= 0.6 is 0 Å². The van der Waals surface area contributed by atoms with Crippen LogP contribution in [0.25, 0.3) is 22.3 Å². The number of carbonyl (C=O) groups is 1. The van der Waals surface area contributed by atoms with Gasteiger partial charge in [0.25, 0.3) is 0 Å². The minimum Gasteiger partial charge on any atom is -0.395 e. The van der Waals surface area contributed by atoms with Crippen molar-refractivity contribution >= 4 is 6.16 Å². The molecular weight excluding hydrogens is 396 g/mol. The lowest BCUT2D eigenvalue weighted by Crippen LogP contribution is -2.13. The van der Waals surface area contributed by atoms with Gasteiger partial charge in [-0.15, -0.1) is 0 Å². The minimum absolute atomic E-state index is 0.441. The Labute approximate surface area is 189 Å². The molecule has 0 aliphatic heterocycles. The molecule has 0 aliphatic rings. The molecule has 0 spiro atoms. The molecule has 0 saturated heterocycles. The Kier molecular flexibility index (Phi) is 6.66. The van der Waals surface area contributed by atoms with Crippen LogP contribution in [0.4, 0.5) is 4.79 Å². The third kappa shape index (κ3) is 5.25. The van der Waals surface area contributed by atoms with Crippen molar-refractivity contribution in [2.45, 2.75) is 26.7 Å². The number of hydrogen-bond acceptors (Lipinski definition) is 3. The molecule has 32 heavy (non-hydrogen) atoms. The van der Waals surface area contributed by atoms with Crippen molar-refractivity contribution in [2.75, 3.05) is 0 Å². The third-order valence-corrected chi connectivity index (χ3v) is 5.50. The van der Waals surface area contributed by atoms with Crippen LogP contribution in [0.2, 0.25) is 0 Å². The summed E-state index contributed by atoms with van der Waals surface area (Å²) in [5, 5.41) is 0. The Morgan fingerprint density at radius 1 is 0.500 bits per heavy atom. The molecule has 0 radical (unpaired) electrons. The van der Waals surface area contributed by atoms with Gasteiger partial charge in [-0.1, -0.05) is 86.6 Å². The number of rotatable bonds is 6. The Morgan fingerprint density at radius 2 is 0.781 bits per heavy atom. The van der Waals surface area contributed by atoms with Gasteiger partial charge in [-0.05, 0) is 70.5 Å². The molecule has 0 atom stereocenters. The van der Waals surface area contributed by atoms with E-state index in [9.17, 15) is 4.79 Å². The van der Waals surface area contributed by atoms with E-state index in [0.717, 1.165) is 35.1 Å². The standard InChI is InChI=1S/C29H26O3/c1-3-21-5-9-23(10-6-21)25-13-17-27(18-14-25)31-29(30)32-28-19-15-26(16-20-28)24-11-7-22(4-2)8-12-24/h5-20H,3-4H2,1-2H3. The molecule has 0 saturated carbocycles. The average Bonchev–Trinajstić information content (AvgIpc) is 2.85. The van der Waals surface area contributed by atoms with Crippen LogP contribution in [0.5, 0.6) is 11.5 Å². The van der Waals surface area contributed by atoms with Gasteiger partial charge in [0.05, 0.1) is 0 Å². The molecule has 4 aromatic carbocycles. The number of hydrogen-bond donors (Lipinski definition) is 0. The summed E-state index contributed by atoms with van der Waals surface area (Å²) >= 11 is 0. The molecule has 0 aromatic heterocycles. The van der Waals surface area contributed by atoms with Crippen molar-refractivity contribution in [3.05, 3.63) is 108 Å². The maximum absolute atomic E-state index is 12.2. The molecule has 0 fully saturated rings. The van der Waals surface area contributed by atoms with E-state index >= 15 is 0 Å². The van der Waals surface area contributed by atoms with Gasteiger partial charge in [-0.25, -0.2) is 4.79 Å². The Bertz CT molecular complexity index is 1060. The fourth-order valence-corrected chi connectivity index (χ4v) is 3.51. The van der Waals surface area contributed by atoms with Gasteiger partial charge in [0.1, 0.15) is 11.5 Å². The maximum atomic E-state index is 12.2. The summed E-state index contributed by atoms with van der Waals surface area (Å²) in [7, 11) is 0. The van der Waals surface area contributed by atoms with Crippen molar-refractivity contribution in [1.82, 2.24) is 0 Å². The number of benzene rings is 4. The molecule has 160 valence electrons. The second kappa shape index (κ2) is 9.97. The highest BCUT2D eigenvalue weighted by Gasteiger charge is 2.09. The smallest absolute Gasteiger partial charge is 0.395 e. The van der Waals surface area contributed by atoms with Crippen molar-refractivity contribution in [3.63, 3.8) is 0 Å². The first-order chi connectivity index (χ1) is 15.6. The summed E-state index contributed by atoms with van der Waals surface area (Å²) in [6.07, 6.45) is 1.28. The lowest BCUT2D eigenvalue weighted by atomic mass is 10.0. The molecule has 3 heteroatoms. The van der Waals surface area contributed by atoms with Gasteiger partial charge in [-0.2, -0.15) is 0 Å². The molecule has 0 amide bonds. The van der Waals surface area contributed by atoms with Crippen LogP contribution < -0.4 is 9.47 Å². The SMILES string of the molecule is CCc1ccc(-c2ccc(OC(=O)Oc3ccc(-c4ccc(CC)cc4)cc3)cc2)cc1. The first kappa shape index (κ1) is 21.4. The largest absolute Gasteiger partial charge is 0.519 e. The predicted octanol–water partition coefficient (Wildman–Crippen LogP) is 7.72. The summed E-state index contributed by atoms with van der Waals surface area (Å²) in [6, 6.07) is 31.7. The lowest BCUT2D eigenvalue weighted by molar-refractivity contribution is 0.152. The van der Waals surface area contributed by atoms with E-state index < -0.39 is 6.16 Å². The normalized spacial score (nSPS) is 10.6. The van der Waals surface area contributed by atoms with Crippen molar-refractivity contribution in [1.29, 1.82) is 0 Å². The number of aryl methyl sites for hydroxylation is 2. The molecule has 4 aromatic rings. The molecule has 0 heterocycles. The summed E-state index contributed by atoms with van der Waals surface area (Å²) in [4.78, 5) is 12.2. The van der Waals surface area contributed by atoms with Gasteiger partial charge in [-0.3, -0.25) is 0 Å². The monoisotopic (exact) mass is 422 g/mol. The van der Waals surface area contributed by atoms with Crippen LogP contribution in [0.3, 0.4) is 0 Å². The van der Waals surface area contributed by atoms with Crippen LogP contribution in [-0.2, 0) is 12.8 Å². The second-order valence-corrected chi connectivity index (χ2v) is 7.60. The zero-order chi connectivity index (χ0) is 22.3. The Balaban J connectivity index is 1.35. The Morgan fingerprint density at radius 3 is 1.06 bits per heavy atom. The van der Waals surface area contributed by atoms with E-state index in [4.69, 9.17) is 9.47 Å². The zero-order valence-corrected chi connectivity index (χ0v) is 18.4. The topological polar surface area (TPSA) is 35.5 Å². The Hall–Kier alpha value is -3.85. The molecule has 0 bridgehead atoms. The van der Waals surface area contributed by atoms with Crippen LogP contribution in [0, 0.1) is 0 Å². The summed E-state index contributed by atoms with van der Waals surface area (Å²) in [5.41, 5.74) is 6.99. The molecule has 0 unspecified atom stereocenters. The minimum atomic E-state index is -0.759. The third-order valence-electron chi connectivity index (χ3n) is 5.50. The zero-order valence-electron chi connectivity index (χ0n) is 18.4. The lowest BCUT2D eigenvalue weighted by Gasteiger charge is -2.08. The van der Waals surface area contributed by atoms with Crippen molar-refractivity contribution in [3.8, 4) is 33.8 Å². The van der Waals surface area contributed by atoms with E-state index in [1.165, 1.54) is 11.1 Å². The molecule has 0 aliphatic carbocycles. The van der Waals surface area contributed by atoms with Crippen LogP contribution in [0.15, 0.2) is 97.1 Å². The average molecular weight is 423 g/mol. The van der Waals surface area contributed by atoms with E-state index in [-0.39, 0.29) is 0 Å². The number of carbonyl (C=O) groups excluding carboxylic acids is 1. The fourth-order valence-electron chi connectivity index (χ4n) is 3.51. The van der Waals surface area contributed by atoms with Crippen LogP contribution in [-0.4, -0.2) is 6.16 Å². The fraction of sp³-hybridized carbons (Fsp3) is 0.138. The highest BCUT2D eigenvalue weighted by atomic mass is 16.7. The summed E-state index contributed by atoms with van der Waals surface area (Å²) < 4.78 is 10.6. The second-order valence-electron chi connectivity index (χ2n) is 7.60. The molecule has 3 nitrogen and oxygen atoms in total. The molecule has 4 rings (SSSR count). The highest BCUT2D eigenvalue weighted by Crippen LogP contribution is 2.25. The first-order valence-electron chi connectivity index (χ1n) is 10.9. The van der Waals surface area contributed by atoms with Crippen LogP contribution in [0.1, 0.15) is 25.0 Å². The maximum Gasteiger partial charge on any atom is 0.519 e. The summed E-state index contributed by atoms with van der Waals surface area (Å²) in [6.45, 7) is 4.28. The van der Waals surface area contributed by atoms with E-state index in [1.807, 2.05) is 24.3 Å². The van der Waals surface area contributed by atoms with Gasteiger partial charge < -0.3 is 9.47 Å². The molecular formula is C29H26O3. The van der Waals surface area contributed by atoms with Gasteiger partial charge in [0.15, 0.2) is 0 Å². The highest BCUT2D eigenvalue weighted by molar-refractivity contribution is 5.70. The summed E-state index contributed by atoms with van der Waals surface area (Å²) in [5.74, 6) is 0.883. The van der Waals surface area contributed by atoms with Crippen molar-refractivity contribution in [2.24, 2.45) is 0 Å². The van der Waals surface area contributed by atoms with Gasteiger partial charge in [0, 0.05) is 0 Å². The number of ether oxygens (including phenoxy) is 2.